The zero-order valence-corrected chi connectivity index (χ0v) is 48.5. The Balaban J connectivity index is 0.000000231. The van der Waals surface area contributed by atoms with Crippen LogP contribution in [0.1, 0.15) is 34.5 Å². The molecule has 80 heavy (non-hydrogen) atoms. The van der Waals surface area contributed by atoms with Gasteiger partial charge in [-0.25, -0.2) is 33.7 Å². The van der Waals surface area contributed by atoms with Gasteiger partial charge in [0, 0.05) is 69.6 Å². The van der Waals surface area contributed by atoms with Crippen LogP contribution < -0.4 is 28.4 Å². The van der Waals surface area contributed by atoms with Crippen molar-refractivity contribution < 1.29 is 62.8 Å². The van der Waals surface area contributed by atoms with Crippen LogP contribution in [0.5, 0.6) is 23.0 Å². The van der Waals surface area contributed by atoms with Crippen molar-refractivity contribution in [1.82, 2.24) is 39.5 Å². The minimum atomic E-state index is -4.35. The predicted octanol–water partition coefficient (Wildman–Crippen LogP) is 6.37. The molecule has 0 amide bonds. The maximum Gasteiger partial charge on any atom is 0.243 e. The lowest BCUT2D eigenvalue weighted by Crippen LogP contribution is -2.24. The Hall–Kier alpha value is -7.44. The molecule has 0 aliphatic rings. The first-order valence-corrected chi connectivity index (χ1v) is 31.1. The molecule has 30 heteroatoms. The molecule has 2 atom stereocenters. The molecular formula is C50H52Cl2N10O14S4. The Morgan fingerprint density at radius 3 is 1.15 bits per heavy atom. The number of nitrogens with zero attached hydrogens (tertiary/aromatic N) is 8. The first kappa shape index (κ1) is 60.2. The van der Waals surface area contributed by atoms with E-state index < -0.39 is 63.4 Å². The fourth-order valence-corrected chi connectivity index (χ4v) is 12.7. The molecule has 0 unspecified atom stereocenters. The maximum absolute atomic E-state index is 13.3. The molecule has 8 rings (SSSR count). The van der Waals surface area contributed by atoms with Crippen LogP contribution in [-0.4, -0.2) is 136 Å². The SMILES string of the molecule is COc1cccc(OC)c1-n1c(NS(=O)(=O)C[C@@H](O)c2ccc(Cl)cc2S(C)(=O)=O)nnc1-c1cncc(C)c1.COc1cccc(OC)c1-n1c(NS(=O)(=O)C[C@H](O)c2ccc(Cl)cc2S(C)(=O)=O)nnc1-c1cncc(C)c1. The minimum absolute atomic E-state index is 0.114. The Bertz CT molecular complexity index is 3770. The lowest BCUT2D eigenvalue weighted by atomic mass is 10.1. The quantitative estimate of drug-likeness (QED) is 0.0643. The van der Waals surface area contributed by atoms with Crippen molar-refractivity contribution >= 4 is 74.8 Å². The minimum Gasteiger partial charge on any atom is -0.494 e. The van der Waals surface area contributed by atoms with Gasteiger partial charge in [-0.3, -0.25) is 28.5 Å². The van der Waals surface area contributed by atoms with Crippen LogP contribution in [-0.2, 0) is 39.7 Å². The van der Waals surface area contributed by atoms with E-state index in [1.165, 1.54) is 61.8 Å². The summed E-state index contributed by atoms with van der Waals surface area (Å²) in [5, 5.41) is 38.4. The molecule has 0 saturated carbocycles. The molecular weight excluding hydrogens is 1160 g/mol. The van der Waals surface area contributed by atoms with E-state index in [0.717, 1.165) is 35.8 Å². The summed E-state index contributed by atoms with van der Waals surface area (Å²) < 4.78 is 132. The number of aromatic nitrogens is 8. The Morgan fingerprint density at radius 1 is 0.512 bits per heavy atom. The van der Waals surface area contributed by atoms with E-state index in [-0.39, 0.29) is 54.5 Å². The molecule has 0 spiro atoms. The number of rotatable bonds is 20. The number of anilines is 2. The summed E-state index contributed by atoms with van der Waals surface area (Å²) in [6, 6.07) is 21.2. The molecule has 4 aromatic heterocycles. The summed E-state index contributed by atoms with van der Waals surface area (Å²) in [4.78, 5) is 7.84. The van der Waals surface area contributed by atoms with Crippen molar-refractivity contribution in [2.24, 2.45) is 0 Å². The van der Waals surface area contributed by atoms with Crippen LogP contribution in [0, 0.1) is 13.8 Å². The Morgan fingerprint density at radius 2 is 0.850 bits per heavy atom. The highest BCUT2D eigenvalue weighted by Gasteiger charge is 2.31. The third kappa shape index (κ3) is 13.9. The van der Waals surface area contributed by atoms with E-state index in [4.69, 9.17) is 42.1 Å². The van der Waals surface area contributed by atoms with E-state index in [1.54, 1.807) is 73.3 Å². The number of aliphatic hydroxyl groups is 2. The zero-order valence-electron chi connectivity index (χ0n) is 43.7. The van der Waals surface area contributed by atoms with Gasteiger partial charge in [0.15, 0.2) is 31.3 Å². The zero-order chi connectivity index (χ0) is 58.5. The van der Waals surface area contributed by atoms with Gasteiger partial charge >= 0.3 is 0 Å². The number of methoxy groups -OCH3 is 4. The molecule has 24 nitrogen and oxygen atoms in total. The molecule has 0 radical (unpaired) electrons. The first-order chi connectivity index (χ1) is 37.7. The van der Waals surface area contributed by atoms with E-state index in [0.29, 0.717) is 45.5 Å². The smallest absolute Gasteiger partial charge is 0.243 e. The first-order valence-electron chi connectivity index (χ1n) is 23.2. The summed E-state index contributed by atoms with van der Waals surface area (Å²) >= 11 is 11.9. The van der Waals surface area contributed by atoms with E-state index in [1.807, 2.05) is 13.8 Å². The number of hydrogen-bond donors (Lipinski definition) is 4. The third-order valence-electron chi connectivity index (χ3n) is 11.6. The lowest BCUT2D eigenvalue weighted by molar-refractivity contribution is 0.198. The van der Waals surface area contributed by atoms with Gasteiger partial charge in [-0.2, -0.15) is 0 Å². The molecule has 8 aromatic rings. The topological polar surface area (TPSA) is 325 Å². The van der Waals surface area contributed by atoms with Gasteiger partial charge in [0.1, 0.15) is 34.4 Å². The van der Waals surface area contributed by atoms with Crippen LogP contribution in [0.2, 0.25) is 10.0 Å². The highest BCUT2D eigenvalue weighted by atomic mass is 35.5. The van der Waals surface area contributed by atoms with Crippen LogP contribution in [0.25, 0.3) is 34.2 Å². The summed E-state index contributed by atoms with van der Waals surface area (Å²) in [7, 11) is -10.6. The molecule has 424 valence electrons. The van der Waals surface area contributed by atoms with Crippen molar-refractivity contribution in [3.8, 4) is 57.1 Å². The monoisotopic (exact) mass is 1210 g/mol. The third-order valence-corrected chi connectivity index (χ3v) is 16.8. The second-order valence-corrected chi connectivity index (χ2v) is 26.0. The van der Waals surface area contributed by atoms with E-state index >= 15 is 0 Å². The number of ether oxygens (including phenoxy) is 4. The number of para-hydroxylation sites is 2. The van der Waals surface area contributed by atoms with Crippen LogP contribution in [0.3, 0.4) is 0 Å². The number of aliphatic hydroxyl groups excluding tert-OH is 2. The number of sulfonamides is 2. The lowest BCUT2D eigenvalue weighted by Gasteiger charge is -2.19. The van der Waals surface area contributed by atoms with Crippen LogP contribution in [0.15, 0.2) is 120 Å². The normalized spacial score (nSPS) is 12.7. The van der Waals surface area contributed by atoms with E-state index in [9.17, 15) is 43.9 Å². The predicted molar refractivity (Wildman–Crippen MR) is 299 cm³/mol. The number of aryl methyl sites for hydroxylation is 2. The number of hydrogen-bond acceptors (Lipinski definition) is 20. The van der Waals surface area contributed by atoms with Crippen LogP contribution in [0.4, 0.5) is 11.9 Å². The molecule has 0 bridgehead atoms. The summed E-state index contributed by atoms with van der Waals surface area (Å²) in [6.45, 7) is 3.68. The highest BCUT2D eigenvalue weighted by molar-refractivity contribution is 7.93. The van der Waals surface area contributed by atoms with Crippen molar-refractivity contribution in [3.05, 3.63) is 142 Å². The Kier molecular flexibility index (Phi) is 18.4. The summed E-state index contributed by atoms with van der Waals surface area (Å²) in [5.74, 6) is -0.453. The van der Waals surface area contributed by atoms with Crippen molar-refractivity contribution in [3.63, 3.8) is 0 Å². The van der Waals surface area contributed by atoms with Gasteiger partial charge in [-0.1, -0.05) is 47.5 Å². The Labute approximate surface area is 471 Å². The molecule has 0 fully saturated rings. The van der Waals surface area contributed by atoms with Crippen molar-refractivity contribution in [2.45, 2.75) is 35.8 Å². The fraction of sp³-hybridized carbons (Fsp3) is 0.240. The van der Waals surface area contributed by atoms with Crippen molar-refractivity contribution in [1.29, 1.82) is 0 Å². The number of sulfone groups is 2. The van der Waals surface area contributed by atoms with Gasteiger partial charge in [0.2, 0.25) is 31.9 Å². The average Bonchev–Trinajstić information content (AvgIpc) is 4.05. The standard InChI is InChI=1S/2C25H26ClN5O7S2/c2*1-15-10-16(13-27-12-15)24-28-29-25(31(24)23-20(37-2)6-5-7-21(23)38-3)30-40(35,36)14-19(32)18-9-8-17(26)11-22(18)39(4,33)34/h2*5-13,19,32H,14H2,1-4H3,(H,29,30)/t2*19-/m10/s1. The van der Waals surface area contributed by atoms with Gasteiger partial charge in [-0.05, 0) is 85.6 Å². The van der Waals surface area contributed by atoms with Gasteiger partial charge in [0.05, 0.1) is 61.9 Å². The number of halogens is 2. The molecule has 0 saturated heterocycles. The number of pyridine rings is 2. The highest BCUT2D eigenvalue weighted by Crippen LogP contribution is 2.40. The maximum atomic E-state index is 13.3. The fourth-order valence-electron chi connectivity index (χ4n) is 8.12. The van der Waals surface area contributed by atoms with Crippen molar-refractivity contribution in [2.75, 3.05) is 61.9 Å². The summed E-state index contributed by atoms with van der Waals surface area (Å²) in [6.07, 6.45) is 4.85. The van der Waals surface area contributed by atoms with Gasteiger partial charge in [0.25, 0.3) is 0 Å². The molecule has 4 N–H and O–H groups in total. The van der Waals surface area contributed by atoms with Gasteiger partial charge in [-0.15, -0.1) is 20.4 Å². The molecule has 0 aliphatic heterocycles. The summed E-state index contributed by atoms with van der Waals surface area (Å²) in [5.41, 5.74) is 3.11. The van der Waals surface area contributed by atoms with Gasteiger partial charge < -0.3 is 29.2 Å². The second kappa shape index (κ2) is 24.5. The van der Waals surface area contributed by atoms with E-state index in [2.05, 4.69) is 39.8 Å². The number of benzene rings is 4. The average molecular weight is 1220 g/mol. The van der Waals surface area contributed by atoms with Crippen LogP contribution >= 0.6 is 23.2 Å². The second-order valence-electron chi connectivity index (χ2n) is 17.6. The molecule has 4 heterocycles. The molecule has 4 aromatic carbocycles. The molecule has 0 aliphatic carbocycles. The largest absolute Gasteiger partial charge is 0.494 e. The number of nitrogens with one attached hydrogen (secondary N) is 2.